The number of methoxy groups -OCH3 is 1. The van der Waals surface area contributed by atoms with Crippen LogP contribution in [0.15, 0.2) is 18.5 Å². The minimum absolute atomic E-state index is 0.106. The molecule has 6 heteroatoms. The number of ether oxygens (including phenoxy) is 3. The number of rotatable bonds is 2. The topological polar surface area (TPSA) is 71.0 Å². The molecule has 0 radical (unpaired) electrons. The molecule has 3 heterocycles. The van der Waals surface area contributed by atoms with Gasteiger partial charge in [0.25, 0.3) is 0 Å². The summed E-state index contributed by atoms with van der Waals surface area (Å²) in [7, 11) is 1.59. The Labute approximate surface area is 104 Å². The van der Waals surface area contributed by atoms with E-state index in [0.717, 1.165) is 11.3 Å². The van der Waals surface area contributed by atoms with Gasteiger partial charge in [0.05, 0.1) is 38.3 Å². The maximum absolute atomic E-state index is 5.86. The van der Waals surface area contributed by atoms with Crippen LogP contribution >= 0.6 is 0 Å². The van der Waals surface area contributed by atoms with Gasteiger partial charge in [0.1, 0.15) is 17.5 Å². The summed E-state index contributed by atoms with van der Waals surface area (Å²) in [5.41, 5.74) is 8.07. The second-order valence-electron chi connectivity index (χ2n) is 4.16. The first-order chi connectivity index (χ1) is 8.78. The number of pyridine rings is 1. The molecular formula is C12H15N3O3. The highest BCUT2D eigenvalue weighted by molar-refractivity contribution is 5.59. The van der Waals surface area contributed by atoms with Crippen molar-refractivity contribution in [1.29, 1.82) is 0 Å². The Kier molecular flexibility index (Phi) is 2.81. The first-order valence-corrected chi connectivity index (χ1v) is 5.79. The number of fused-ring (bicyclic) bond motifs is 1. The van der Waals surface area contributed by atoms with Gasteiger partial charge in [-0.3, -0.25) is 0 Å². The Morgan fingerprint density at radius 3 is 3.06 bits per heavy atom. The molecule has 0 spiro atoms. The molecule has 6 nitrogen and oxygen atoms in total. The summed E-state index contributed by atoms with van der Waals surface area (Å²) < 4.78 is 18.0. The molecule has 0 aromatic carbocycles. The monoisotopic (exact) mass is 249 g/mol. The second kappa shape index (κ2) is 4.47. The largest absolute Gasteiger partial charge is 0.494 e. The number of hydrogen-bond acceptors (Lipinski definition) is 5. The fourth-order valence-corrected chi connectivity index (χ4v) is 2.04. The standard InChI is InChI=1S/C12H15N3O3/c1-16-10-4-12-14-9(6-15(12)5-8(10)13)11-7-17-2-3-18-11/h4-6,11H,2-3,7,13H2,1H3. The van der Waals surface area contributed by atoms with Crippen LogP contribution in [0.1, 0.15) is 11.8 Å². The van der Waals surface area contributed by atoms with E-state index in [0.29, 0.717) is 31.3 Å². The average molecular weight is 249 g/mol. The van der Waals surface area contributed by atoms with Gasteiger partial charge in [0, 0.05) is 18.5 Å². The van der Waals surface area contributed by atoms with Crippen LogP contribution in [0.4, 0.5) is 5.69 Å². The zero-order valence-electron chi connectivity index (χ0n) is 10.1. The van der Waals surface area contributed by atoms with E-state index in [1.165, 1.54) is 0 Å². The van der Waals surface area contributed by atoms with Crippen molar-refractivity contribution in [3.05, 3.63) is 24.2 Å². The van der Waals surface area contributed by atoms with E-state index in [1.54, 1.807) is 13.3 Å². The molecule has 2 aromatic heterocycles. The van der Waals surface area contributed by atoms with Crippen molar-refractivity contribution in [1.82, 2.24) is 9.38 Å². The third-order valence-electron chi connectivity index (χ3n) is 2.97. The summed E-state index contributed by atoms with van der Waals surface area (Å²) in [6, 6.07) is 1.81. The molecule has 0 aliphatic carbocycles. The third-order valence-corrected chi connectivity index (χ3v) is 2.97. The highest BCUT2D eigenvalue weighted by Gasteiger charge is 2.20. The molecule has 1 unspecified atom stereocenters. The molecule has 3 rings (SSSR count). The van der Waals surface area contributed by atoms with Gasteiger partial charge in [-0.2, -0.15) is 0 Å². The predicted molar refractivity (Wildman–Crippen MR) is 65.7 cm³/mol. The van der Waals surface area contributed by atoms with Crippen molar-refractivity contribution in [3.8, 4) is 5.75 Å². The summed E-state index contributed by atoms with van der Waals surface area (Å²) in [5, 5.41) is 0. The lowest BCUT2D eigenvalue weighted by atomic mass is 10.3. The third kappa shape index (κ3) is 1.89. The van der Waals surface area contributed by atoms with Gasteiger partial charge in [0.2, 0.25) is 0 Å². The fraction of sp³-hybridized carbons (Fsp3) is 0.417. The van der Waals surface area contributed by atoms with Crippen LogP contribution < -0.4 is 10.5 Å². The van der Waals surface area contributed by atoms with Crippen LogP contribution in [0.3, 0.4) is 0 Å². The predicted octanol–water partition coefficient (Wildman–Crippen LogP) is 1.01. The first-order valence-electron chi connectivity index (χ1n) is 5.79. The maximum Gasteiger partial charge on any atom is 0.146 e. The van der Waals surface area contributed by atoms with E-state index < -0.39 is 0 Å². The van der Waals surface area contributed by atoms with Gasteiger partial charge >= 0.3 is 0 Å². The first kappa shape index (κ1) is 11.3. The molecule has 0 bridgehead atoms. The quantitative estimate of drug-likeness (QED) is 0.860. The minimum Gasteiger partial charge on any atom is -0.494 e. The van der Waals surface area contributed by atoms with Crippen molar-refractivity contribution < 1.29 is 14.2 Å². The zero-order valence-corrected chi connectivity index (χ0v) is 10.1. The number of nitrogen functional groups attached to an aromatic ring is 1. The van der Waals surface area contributed by atoms with E-state index in [9.17, 15) is 0 Å². The Hall–Kier alpha value is -1.79. The van der Waals surface area contributed by atoms with Gasteiger partial charge in [-0.1, -0.05) is 0 Å². The molecule has 0 saturated carbocycles. The fourth-order valence-electron chi connectivity index (χ4n) is 2.04. The van der Waals surface area contributed by atoms with Crippen LogP contribution in [-0.4, -0.2) is 36.3 Å². The molecule has 1 aliphatic heterocycles. The molecule has 1 aliphatic rings. The van der Waals surface area contributed by atoms with Gasteiger partial charge in [0.15, 0.2) is 0 Å². The SMILES string of the molecule is COc1cc2nc(C3COCCO3)cn2cc1N. The molecule has 2 N–H and O–H groups in total. The summed E-state index contributed by atoms with van der Waals surface area (Å²) in [6.45, 7) is 1.78. The number of hydrogen-bond donors (Lipinski definition) is 1. The van der Waals surface area contributed by atoms with E-state index in [-0.39, 0.29) is 6.10 Å². The highest BCUT2D eigenvalue weighted by Crippen LogP contribution is 2.25. The number of nitrogens with two attached hydrogens (primary N) is 1. The van der Waals surface area contributed by atoms with Crippen LogP contribution in [0.2, 0.25) is 0 Å². The van der Waals surface area contributed by atoms with Crippen LogP contribution in [0, 0.1) is 0 Å². The van der Waals surface area contributed by atoms with Gasteiger partial charge in [-0.15, -0.1) is 0 Å². The van der Waals surface area contributed by atoms with Crippen LogP contribution in [-0.2, 0) is 9.47 Å². The number of aromatic nitrogens is 2. The Morgan fingerprint density at radius 2 is 2.33 bits per heavy atom. The Balaban J connectivity index is 1.99. The zero-order chi connectivity index (χ0) is 12.5. The summed E-state index contributed by atoms with van der Waals surface area (Å²) >= 11 is 0. The highest BCUT2D eigenvalue weighted by atomic mass is 16.6. The minimum atomic E-state index is -0.106. The van der Waals surface area contributed by atoms with Crippen molar-refractivity contribution in [2.24, 2.45) is 0 Å². The normalized spacial score (nSPS) is 20.2. The molecule has 18 heavy (non-hydrogen) atoms. The van der Waals surface area contributed by atoms with Crippen molar-refractivity contribution in [2.45, 2.75) is 6.10 Å². The lowest BCUT2D eigenvalue weighted by Crippen LogP contribution is -2.22. The molecular weight excluding hydrogens is 234 g/mol. The van der Waals surface area contributed by atoms with Crippen LogP contribution in [0.5, 0.6) is 5.75 Å². The summed E-state index contributed by atoms with van der Waals surface area (Å²) in [6.07, 6.45) is 3.59. The van der Waals surface area contributed by atoms with Crippen molar-refractivity contribution in [2.75, 3.05) is 32.7 Å². The Morgan fingerprint density at radius 1 is 1.44 bits per heavy atom. The smallest absolute Gasteiger partial charge is 0.146 e. The van der Waals surface area contributed by atoms with Crippen molar-refractivity contribution >= 4 is 11.3 Å². The van der Waals surface area contributed by atoms with Crippen molar-refractivity contribution in [3.63, 3.8) is 0 Å². The summed E-state index contributed by atoms with van der Waals surface area (Å²) in [4.78, 5) is 4.51. The van der Waals surface area contributed by atoms with E-state index >= 15 is 0 Å². The lowest BCUT2D eigenvalue weighted by Gasteiger charge is -2.20. The molecule has 96 valence electrons. The number of imidazole rings is 1. The van der Waals surface area contributed by atoms with Crippen LogP contribution in [0.25, 0.3) is 5.65 Å². The molecule has 1 fully saturated rings. The molecule has 1 atom stereocenters. The van der Waals surface area contributed by atoms with E-state index in [4.69, 9.17) is 19.9 Å². The summed E-state index contributed by atoms with van der Waals surface area (Å²) in [5.74, 6) is 0.625. The molecule has 2 aromatic rings. The van der Waals surface area contributed by atoms with Gasteiger partial charge in [-0.05, 0) is 0 Å². The average Bonchev–Trinajstić information content (AvgIpc) is 2.81. The molecule has 0 amide bonds. The number of nitrogens with zero attached hydrogens (tertiary/aromatic N) is 2. The number of anilines is 1. The maximum atomic E-state index is 5.86. The van der Waals surface area contributed by atoms with Gasteiger partial charge < -0.3 is 24.3 Å². The van der Waals surface area contributed by atoms with E-state index in [2.05, 4.69) is 4.98 Å². The van der Waals surface area contributed by atoms with Gasteiger partial charge in [-0.25, -0.2) is 4.98 Å². The molecule has 1 saturated heterocycles. The lowest BCUT2D eigenvalue weighted by molar-refractivity contribution is -0.0916. The van der Waals surface area contributed by atoms with E-state index in [1.807, 2.05) is 16.7 Å². The second-order valence-corrected chi connectivity index (χ2v) is 4.16. The Bertz CT molecular complexity index is 561.